The smallest absolute Gasteiger partial charge is 0.180 e. The van der Waals surface area contributed by atoms with E-state index in [-0.39, 0.29) is 23.1 Å². The minimum Gasteiger partial charge on any atom is -0.384 e. The van der Waals surface area contributed by atoms with E-state index in [1.807, 2.05) is 0 Å². The second-order valence-corrected chi connectivity index (χ2v) is 7.16. The van der Waals surface area contributed by atoms with E-state index in [0.29, 0.717) is 18.1 Å². The first-order valence-electron chi connectivity index (χ1n) is 6.58. The summed E-state index contributed by atoms with van der Waals surface area (Å²) >= 11 is 0. The third kappa shape index (κ3) is 5.30. The van der Waals surface area contributed by atoms with Crippen LogP contribution >= 0.6 is 0 Å². The van der Waals surface area contributed by atoms with Crippen molar-refractivity contribution in [2.45, 2.75) is 25.2 Å². The lowest BCUT2D eigenvalue weighted by molar-refractivity contribution is 0.137. The van der Waals surface area contributed by atoms with E-state index in [9.17, 15) is 8.42 Å². The maximum Gasteiger partial charge on any atom is 0.180 e. The van der Waals surface area contributed by atoms with Gasteiger partial charge >= 0.3 is 0 Å². The van der Waals surface area contributed by atoms with Crippen molar-refractivity contribution < 1.29 is 13.2 Å². The molecule has 1 rings (SSSR count). The molecule has 1 aromatic carbocycles. The van der Waals surface area contributed by atoms with E-state index in [0.717, 1.165) is 6.42 Å². The van der Waals surface area contributed by atoms with E-state index >= 15 is 0 Å². The van der Waals surface area contributed by atoms with Gasteiger partial charge in [-0.25, -0.2) is 8.42 Å². The van der Waals surface area contributed by atoms with Crippen LogP contribution in [0.3, 0.4) is 0 Å². The lowest BCUT2D eigenvalue weighted by Gasteiger charge is -2.08. The van der Waals surface area contributed by atoms with Crippen molar-refractivity contribution in [3.05, 3.63) is 29.8 Å². The Labute approximate surface area is 120 Å². The molecule has 0 aliphatic rings. The fourth-order valence-corrected chi connectivity index (χ4v) is 2.73. The van der Waals surface area contributed by atoms with Crippen molar-refractivity contribution in [1.29, 1.82) is 5.41 Å². The van der Waals surface area contributed by atoms with Gasteiger partial charge in [0.05, 0.1) is 17.3 Å². The summed E-state index contributed by atoms with van der Waals surface area (Å²) in [5, 5.41) is 7.33. The van der Waals surface area contributed by atoms with E-state index in [1.54, 1.807) is 12.1 Å². The molecule has 0 aromatic heterocycles. The average molecular weight is 298 g/mol. The Bertz CT molecular complexity index is 553. The minimum atomic E-state index is -3.39. The van der Waals surface area contributed by atoms with Gasteiger partial charge in [0.1, 0.15) is 5.84 Å². The van der Waals surface area contributed by atoms with E-state index in [1.165, 1.54) is 12.1 Å². The largest absolute Gasteiger partial charge is 0.384 e. The van der Waals surface area contributed by atoms with Crippen molar-refractivity contribution in [3.8, 4) is 0 Å². The summed E-state index contributed by atoms with van der Waals surface area (Å²) < 4.78 is 29.6. The fraction of sp³-hybridized carbons (Fsp3) is 0.500. The van der Waals surface area contributed by atoms with Crippen LogP contribution in [0.2, 0.25) is 0 Å². The predicted molar refractivity (Wildman–Crippen MR) is 79.8 cm³/mol. The van der Waals surface area contributed by atoms with Gasteiger partial charge in [-0.15, -0.1) is 0 Å². The molecule has 0 bridgehead atoms. The Balaban J connectivity index is 2.60. The molecule has 5 nitrogen and oxygen atoms in total. The van der Waals surface area contributed by atoms with Crippen molar-refractivity contribution in [2.24, 2.45) is 11.7 Å². The molecular weight excluding hydrogens is 276 g/mol. The van der Waals surface area contributed by atoms with E-state index < -0.39 is 9.84 Å². The Hall–Kier alpha value is -1.40. The maximum absolute atomic E-state index is 12.1. The molecule has 6 heteroatoms. The van der Waals surface area contributed by atoms with Crippen molar-refractivity contribution in [3.63, 3.8) is 0 Å². The van der Waals surface area contributed by atoms with Gasteiger partial charge in [-0.3, -0.25) is 5.41 Å². The fourth-order valence-electron chi connectivity index (χ4n) is 1.56. The van der Waals surface area contributed by atoms with Gasteiger partial charge in [0.2, 0.25) is 0 Å². The standard InChI is InChI=1S/C14H22N2O3S/c1-11(2)6-7-19-8-9-20(17,18)13-5-3-4-12(10-13)14(15)16/h3-5,10-11H,6-9H2,1-2H3,(H3,15,16). The normalized spacial score (nSPS) is 11.8. The van der Waals surface area contributed by atoms with Crippen LogP contribution in [-0.2, 0) is 14.6 Å². The third-order valence-electron chi connectivity index (χ3n) is 2.84. The summed E-state index contributed by atoms with van der Waals surface area (Å²) in [6.45, 7) is 4.93. The molecule has 112 valence electrons. The van der Waals surface area contributed by atoms with Gasteiger partial charge in [-0.05, 0) is 24.5 Å². The Morgan fingerprint density at radius 3 is 2.65 bits per heavy atom. The molecule has 0 saturated carbocycles. The van der Waals surface area contributed by atoms with E-state index in [2.05, 4.69) is 13.8 Å². The van der Waals surface area contributed by atoms with Crippen LogP contribution < -0.4 is 5.73 Å². The second kappa shape index (κ2) is 7.40. The van der Waals surface area contributed by atoms with Gasteiger partial charge in [-0.2, -0.15) is 0 Å². The van der Waals surface area contributed by atoms with Crippen LogP contribution in [0.25, 0.3) is 0 Å². The van der Waals surface area contributed by atoms with Gasteiger partial charge in [0.25, 0.3) is 0 Å². The second-order valence-electron chi connectivity index (χ2n) is 5.06. The Morgan fingerprint density at radius 2 is 2.05 bits per heavy atom. The number of hydrogen-bond donors (Lipinski definition) is 2. The van der Waals surface area contributed by atoms with Gasteiger partial charge in [-0.1, -0.05) is 26.0 Å². The highest BCUT2D eigenvalue weighted by molar-refractivity contribution is 7.91. The number of ether oxygens (including phenoxy) is 1. The number of amidine groups is 1. The monoisotopic (exact) mass is 298 g/mol. The minimum absolute atomic E-state index is 0.0630. The zero-order valence-corrected chi connectivity index (χ0v) is 12.7. The van der Waals surface area contributed by atoms with Crippen molar-refractivity contribution >= 4 is 15.7 Å². The molecule has 0 fully saturated rings. The summed E-state index contributed by atoms with van der Waals surface area (Å²) in [6.07, 6.45) is 0.917. The van der Waals surface area contributed by atoms with E-state index in [4.69, 9.17) is 15.9 Å². The van der Waals surface area contributed by atoms with Crippen LogP contribution in [0.15, 0.2) is 29.2 Å². The maximum atomic E-state index is 12.1. The summed E-state index contributed by atoms with van der Waals surface area (Å²) in [4.78, 5) is 0.178. The molecule has 0 unspecified atom stereocenters. The van der Waals surface area contributed by atoms with Crippen LogP contribution in [-0.4, -0.2) is 33.2 Å². The first-order valence-corrected chi connectivity index (χ1v) is 8.23. The van der Waals surface area contributed by atoms with Crippen molar-refractivity contribution in [2.75, 3.05) is 19.0 Å². The van der Waals surface area contributed by atoms with Gasteiger partial charge in [0.15, 0.2) is 9.84 Å². The third-order valence-corrected chi connectivity index (χ3v) is 4.52. The number of nitrogens with two attached hydrogens (primary N) is 1. The number of rotatable bonds is 8. The van der Waals surface area contributed by atoms with Crippen LogP contribution in [0, 0.1) is 11.3 Å². The van der Waals surface area contributed by atoms with Crippen molar-refractivity contribution in [1.82, 2.24) is 0 Å². The average Bonchev–Trinajstić information content (AvgIpc) is 2.38. The zero-order chi connectivity index (χ0) is 15.2. The highest BCUT2D eigenvalue weighted by Crippen LogP contribution is 2.13. The molecule has 1 aromatic rings. The van der Waals surface area contributed by atoms with Gasteiger partial charge < -0.3 is 10.5 Å². The molecule has 0 amide bonds. The molecule has 0 aliphatic heterocycles. The summed E-state index contributed by atoms with van der Waals surface area (Å²) in [7, 11) is -3.39. The number of sulfone groups is 1. The highest BCUT2D eigenvalue weighted by Gasteiger charge is 2.15. The molecule has 0 aliphatic carbocycles. The molecule has 0 spiro atoms. The SMILES string of the molecule is CC(C)CCOCCS(=O)(=O)c1cccc(C(=N)N)c1. The predicted octanol–water partition coefficient (Wildman–Crippen LogP) is 1.81. The Kier molecular flexibility index (Phi) is 6.16. The number of benzene rings is 1. The zero-order valence-electron chi connectivity index (χ0n) is 11.9. The number of hydrogen-bond acceptors (Lipinski definition) is 4. The molecule has 0 atom stereocenters. The lowest BCUT2D eigenvalue weighted by atomic mass is 10.1. The lowest BCUT2D eigenvalue weighted by Crippen LogP contribution is -2.15. The highest BCUT2D eigenvalue weighted by atomic mass is 32.2. The van der Waals surface area contributed by atoms with Crippen LogP contribution in [0.4, 0.5) is 0 Å². The molecular formula is C14H22N2O3S. The van der Waals surface area contributed by atoms with Gasteiger partial charge in [0, 0.05) is 12.2 Å². The summed E-state index contributed by atoms with van der Waals surface area (Å²) in [6, 6.07) is 6.13. The summed E-state index contributed by atoms with van der Waals surface area (Å²) in [5.74, 6) is 0.334. The molecule has 3 N–H and O–H groups in total. The number of nitrogens with one attached hydrogen (secondary N) is 1. The number of nitrogen functional groups attached to an aromatic ring is 1. The summed E-state index contributed by atoms with van der Waals surface area (Å²) in [5.41, 5.74) is 5.77. The first kappa shape index (κ1) is 16.7. The molecule has 0 radical (unpaired) electrons. The quantitative estimate of drug-likeness (QED) is 0.435. The Morgan fingerprint density at radius 1 is 1.35 bits per heavy atom. The first-order chi connectivity index (χ1) is 9.33. The molecule has 0 saturated heterocycles. The molecule has 0 heterocycles. The topological polar surface area (TPSA) is 93.2 Å². The van der Waals surface area contributed by atoms with Crippen LogP contribution in [0.1, 0.15) is 25.8 Å². The van der Waals surface area contributed by atoms with Crippen LogP contribution in [0.5, 0.6) is 0 Å². The molecule has 20 heavy (non-hydrogen) atoms.